The second-order valence-electron chi connectivity index (χ2n) is 3.81. The fourth-order valence-electron chi connectivity index (χ4n) is 1.56. The largest absolute Gasteiger partial charge is 0.478 e. The van der Waals surface area contributed by atoms with Gasteiger partial charge in [-0.15, -0.1) is 0 Å². The lowest BCUT2D eigenvalue weighted by molar-refractivity contribution is 0.0698. The topological polar surface area (TPSA) is 62.2 Å². The fourth-order valence-corrected chi connectivity index (χ4v) is 1.78. The molecule has 2 rings (SSSR count). The third-order valence-corrected chi connectivity index (χ3v) is 3.28. The Bertz CT molecular complexity index is 599. The quantitative estimate of drug-likeness (QED) is 0.851. The van der Waals surface area contributed by atoms with E-state index < -0.39 is 5.97 Å². The highest BCUT2D eigenvalue weighted by Crippen LogP contribution is 2.23. The number of pyridine rings is 1. The van der Waals surface area contributed by atoms with Crippen LogP contribution in [0.15, 0.2) is 41.1 Å². The Morgan fingerprint density at radius 1 is 1.39 bits per heavy atom. The molecule has 18 heavy (non-hydrogen) atoms. The molecule has 0 saturated heterocycles. The van der Waals surface area contributed by atoms with E-state index in [0.717, 1.165) is 15.9 Å². The first-order valence-electron chi connectivity index (χ1n) is 5.29. The Balaban J connectivity index is 2.34. The summed E-state index contributed by atoms with van der Waals surface area (Å²) in [7, 11) is 0. The average Bonchev–Trinajstić information content (AvgIpc) is 2.34. The zero-order valence-electron chi connectivity index (χ0n) is 9.64. The molecule has 1 aromatic heterocycles. The molecule has 0 fully saturated rings. The molecule has 0 aliphatic heterocycles. The van der Waals surface area contributed by atoms with Crippen LogP contribution >= 0.6 is 15.9 Å². The number of nitrogens with one attached hydrogen (secondary N) is 1. The van der Waals surface area contributed by atoms with Crippen molar-refractivity contribution in [1.82, 2.24) is 4.98 Å². The lowest BCUT2D eigenvalue weighted by Gasteiger charge is -2.10. The van der Waals surface area contributed by atoms with Gasteiger partial charge < -0.3 is 10.4 Å². The van der Waals surface area contributed by atoms with Crippen LogP contribution in [0, 0.1) is 6.92 Å². The molecule has 1 aromatic carbocycles. The number of benzene rings is 1. The van der Waals surface area contributed by atoms with Gasteiger partial charge in [0.05, 0.1) is 23.1 Å². The minimum absolute atomic E-state index is 0.234. The van der Waals surface area contributed by atoms with E-state index in [4.69, 9.17) is 5.11 Å². The number of rotatable bonds is 3. The number of aromatic carboxylic acids is 1. The van der Waals surface area contributed by atoms with Gasteiger partial charge in [0.25, 0.3) is 0 Å². The predicted molar refractivity (Wildman–Crippen MR) is 73.4 cm³/mol. The van der Waals surface area contributed by atoms with Crippen molar-refractivity contribution < 1.29 is 9.90 Å². The van der Waals surface area contributed by atoms with E-state index in [1.54, 1.807) is 30.5 Å². The summed E-state index contributed by atoms with van der Waals surface area (Å²) in [6.07, 6.45) is 1.65. The van der Waals surface area contributed by atoms with Crippen LogP contribution in [0.5, 0.6) is 0 Å². The zero-order valence-corrected chi connectivity index (χ0v) is 11.2. The summed E-state index contributed by atoms with van der Waals surface area (Å²) in [6.45, 7) is 1.92. The summed E-state index contributed by atoms with van der Waals surface area (Å²) in [5, 5.41) is 12.1. The third kappa shape index (κ3) is 2.68. The summed E-state index contributed by atoms with van der Waals surface area (Å²) >= 11 is 3.32. The second kappa shape index (κ2) is 5.18. The van der Waals surface area contributed by atoms with Gasteiger partial charge in [-0.25, -0.2) is 9.78 Å². The molecule has 0 aliphatic rings. The number of carboxylic acids is 1. The molecule has 2 N–H and O–H groups in total. The number of halogens is 1. The van der Waals surface area contributed by atoms with Crippen LogP contribution in [0.4, 0.5) is 11.4 Å². The zero-order chi connectivity index (χ0) is 13.1. The number of hydrogen-bond donors (Lipinski definition) is 2. The molecule has 0 radical (unpaired) electrons. The molecule has 0 bridgehead atoms. The van der Waals surface area contributed by atoms with Crippen LogP contribution in [0.25, 0.3) is 0 Å². The molecular formula is C13H11BrN2O2. The Kier molecular flexibility index (Phi) is 3.62. The maximum atomic E-state index is 11.1. The van der Waals surface area contributed by atoms with Gasteiger partial charge in [0, 0.05) is 0 Å². The van der Waals surface area contributed by atoms with Gasteiger partial charge in [0.1, 0.15) is 4.60 Å². The first-order chi connectivity index (χ1) is 8.58. The number of carbonyl (C=O) groups is 1. The highest BCUT2D eigenvalue weighted by atomic mass is 79.9. The van der Waals surface area contributed by atoms with Crippen molar-refractivity contribution in [2.24, 2.45) is 0 Å². The molecule has 2 aromatic rings. The van der Waals surface area contributed by atoms with Crippen LogP contribution in [0.2, 0.25) is 0 Å². The van der Waals surface area contributed by atoms with Crippen molar-refractivity contribution >= 4 is 33.3 Å². The van der Waals surface area contributed by atoms with E-state index in [9.17, 15) is 4.79 Å². The van der Waals surface area contributed by atoms with Crippen molar-refractivity contribution in [2.75, 3.05) is 5.32 Å². The van der Waals surface area contributed by atoms with E-state index in [2.05, 4.69) is 26.2 Å². The lowest BCUT2D eigenvalue weighted by atomic mass is 10.1. The molecule has 0 unspecified atom stereocenters. The van der Waals surface area contributed by atoms with E-state index in [1.807, 2.05) is 13.0 Å². The minimum atomic E-state index is -0.958. The van der Waals surface area contributed by atoms with Crippen LogP contribution in [-0.4, -0.2) is 16.1 Å². The number of hydrogen-bond acceptors (Lipinski definition) is 3. The highest BCUT2D eigenvalue weighted by molar-refractivity contribution is 9.10. The summed E-state index contributed by atoms with van der Waals surface area (Å²) in [5.74, 6) is -0.958. The third-order valence-electron chi connectivity index (χ3n) is 2.45. The van der Waals surface area contributed by atoms with Crippen LogP contribution in [0.1, 0.15) is 15.9 Å². The average molecular weight is 307 g/mol. The van der Waals surface area contributed by atoms with E-state index in [-0.39, 0.29) is 5.56 Å². The van der Waals surface area contributed by atoms with Crippen molar-refractivity contribution in [3.8, 4) is 0 Å². The van der Waals surface area contributed by atoms with Crippen molar-refractivity contribution in [1.29, 1.82) is 0 Å². The maximum Gasteiger partial charge on any atom is 0.337 e. The van der Waals surface area contributed by atoms with Gasteiger partial charge in [0.2, 0.25) is 0 Å². The molecule has 92 valence electrons. The molecule has 0 atom stereocenters. The number of carboxylic acid groups (broad SMARTS) is 1. The smallest absolute Gasteiger partial charge is 0.337 e. The molecule has 1 heterocycles. The monoisotopic (exact) mass is 306 g/mol. The molecule has 0 aliphatic carbocycles. The Hall–Kier alpha value is -1.88. The van der Waals surface area contributed by atoms with Crippen molar-refractivity contribution in [3.05, 3.63) is 52.3 Å². The first-order valence-corrected chi connectivity index (χ1v) is 6.08. The predicted octanol–water partition coefficient (Wildman–Crippen LogP) is 3.59. The summed E-state index contributed by atoms with van der Waals surface area (Å²) in [5.41, 5.74) is 2.52. The van der Waals surface area contributed by atoms with Crippen LogP contribution in [-0.2, 0) is 0 Å². The fraction of sp³-hybridized carbons (Fsp3) is 0.0769. The molecule has 4 nitrogen and oxygen atoms in total. The molecule has 0 saturated carbocycles. The number of anilines is 2. The minimum Gasteiger partial charge on any atom is -0.478 e. The summed E-state index contributed by atoms with van der Waals surface area (Å²) in [4.78, 5) is 15.2. The Labute approximate surface area is 113 Å². The van der Waals surface area contributed by atoms with Crippen molar-refractivity contribution in [3.63, 3.8) is 0 Å². The maximum absolute atomic E-state index is 11.1. The van der Waals surface area contributed by atoms with Gasteiger partial charge in [-0.05, 0) is 46.6 Å². The summed E-state index contributed by atoms with van der Waals surface area (Å²) < 4.78 is 0.777. The van der Waals surface area contributed by atoms with Gasteiger partial charge in [-0.2, -0.15) is 0 Å². The second-order valence-corrected chi connectivity index (χ2v) is 4.56. The molecular weight excluding hydrogens is 296 g/mol. The number of aromatic nitrogens is 1. The first kappa shape index (κ1) is 12.6. The van der Waals surface area contributed by atoms with Crippen molar-refractivity contribution in [2.45, 2.75) is 6.92 Å². The van der Waals surface area contributed by atoms with Crippen LogP contribution < -0.4 is 5.32 Å². The van der Waals surface area contributed by atoms with E-state index in [1.165, 1.54) is 0 Å². The lowest BCUT2D eigenvalue weighted by Crippen LogP contribution is -2.02. The molecule has 0 amide bonds. The molecule has 5 heteroatoms. The number of aryl methyl sites for hydroxylation is 1. The van der Waals surface area contributed by atoms with Gasteiger partial charge in [0.15, 0.2) is 0 Å². The highest BCUT2D eigenvalue weighted by Gasteiger charge is 2.09. The normalized spacial score (nSPS) is 10.1. The van der Waals surface area contributed by atoms with Gasteiger partial charge >= 0.3 is 5.97 Å². The van der Waals surface area contributed by atoms with Crippen LogP contribution in [0.3, 0.4) is 0 Å². The Morgan fingerprint density at radius 3 is 2.78 bits per heavy atom. The molecule has 0 spiro atoms. The standard InChI is InChI=1S/C13H11BrN2O2/c1-8-6-9(7-15-12(8)14)16-11-5-3-2-4-10(11)13(17)18/h2-7,16H,1H3,(H,17,18). The van der Waals surface area contributed by atoms with E-state index in [0.29, 0.717) is 5.69 Å². The number of para-hydroxylation sites is 1. The van der Waals surface area contributed by atoms with E-state index >= 15 is 0 Å². The Morgan fingerprint density at radius 2 is 2.11 bits per heavy atom. The SMILES string of the molecule is Cc1cc(Nc2ccccc2C(=O)O)cnc1Br. The van der Waals surface area contributed by atoms with Gasteiger partial charge in [-0.3, -0.25) is 0 Å². The number of nitrogens with zero attached hydrogens (tertiary/aromatic N) is 1. The van der Waals surface area contributed by atoms with Gasteiger partial charge in [-0.1, -0.05) is 12.1 Å². The summed E-state index contributed by atoms with van der Waals surface area (Å²) in [6, 6.07) is 8.66.